The van der Waals surface area contributed by atoms with E-state index >= 15 is 0 Å². The number of rotatable bonds is 2. The summed E-state index contributed by atoms with van der Waals surface area (Å²) in [6.07, 6.45) is 4.86. The van der Waals surface area contributed by atoms with Crippen molar-refractivity contribution in [2.45, 2.75) is 6.90 Å². The number of nitrogens with two attached hydrogens (primary N) is 1. The highest BCUT2D eigenvalue weighted by Crippen LogP contribution is 2.23. The number of aromatic nitrogens is 2. The maximum Gasteiger partial charge on any atom is 0.251 e. The largest absolute Gasteiger partial charge is 0.366 e. The quantitative estimate of drug-likeness (QED) is 0.824. The number of amides is 1. The highest BCUT2D eigenvalue weighted by atomic mass is 16.1. The number of carbonyl (C=O) groups is 1. The summed E-state index contributed by atoms with van der Waals surface area (Å²) < 4.78 is 7.35. The van der Waals surface area contributed by atoms with Crippen LogP contribution in [0.2, 0.25) is 0 Å². The Hall–Kier alpha value is -2.23. The Bertz CT molecular complexity index is 543. The minimum absolute atomic E-state index is 0.0722. The molecule has 2 aromatic rings. The van der Waals surface area contributed by atoms with Gasteiger partial charge in [0.05, 0.1) is 11.3 Å². The van der Waals surface area contributed by atoms with Crippen LogP contribution < -0.4 is 5.73 Å². The van der Waals surface area contributed by atoms with Gasteiger partial charge in [-0.3, -0.25) is 14.8 Å². The lowest BCUT2D eigenvalue weighted by Crippen LogP contribution is -2.15. The molecule has 0 spiro atoms. The Morgan fingerprint density at radius 1 is 1.31 bits per heavy atom. The number of hydrogen-bond donors (Lipinski definition) is 1. The van der Waals surface area contributed by atoms with Crippen LogP contribution in [0.4, 0.5) is 0 Å². The summed E-state index contributed by atoms with van der Waals surface area (Å²) in [6, 6.07) is 5.29. The molecule has 0 unspecified atom stereocenters. The topological polar surface area (TPSA) is 68.9 Å². The zero-order chi connectivity index (χ0) is 12.3. The molecule has 1 amide bonds. The van der Waals surface area contributed by atoms with Crippen LogP contribution in [-0.2, 0) is 0 Å². The van der Waals surface area contributed by atoms with E-state index in [1.54, 1.807) is 36.8 Å². The number of nitrogens with zero attached hydrogens (tertiary/aromatic N) is 2. The molecule has 0 bridgehead atoms. The van der Waals surface area contributed by atoms with Crippen LogP contribution in [0, 0.1) is 6.90 Å². The fourth-order valence-corrected chi connectivity index (χ4v) is 1.55. The van der Waals surface area contributed by atoms with Crippen LogP contribution in [0.3, 0.4) is 0 Å². The summed E-state index contributed by atoms with van der Waals surface area (Å²) in [6.45, 7) is -0.0722. The third kappa shape index (κ3) is 1.77. The number of carbonyl (C=O) groups excluding carboxylic acids is 1. The van der Waals surface area contributed by atoms with Gasteiger partial charge in [0.1, 0.15) is 0 Å². The van der Waals surface area contributed by atoms with Crippen LogP contribution in [0.25, 0.3) is 11.1 Å². The van der Waals surface area contributed by atoms with Gasteiger partial charge in [0.15, 0.2) is 0 Å². The van der Waals surface area contributed by atoms with Gasteiger partial charge in [-0.05, 0) is 36.2 Å². The molecule has 2 aromatic heterocycles. The molecule has 0 atom stereocenters. The van der Waals surface area contributed by atoms with Crippen molar-refractivity contribution in [1.82, 2.24) is 9.97 Å². The fourth-order valence-electron chi connectivity index (χ4n) is 1.55. The smallest absolute Gasteiger partial charge is 0.251 e. The van der Waals surface area contributed by atoms with Gasteiger partial charge in [0.25, 0.3) is 5.91 Å². The van der Waals surface area contributed by atoms with Gasteiger partial charge in [-0.25, -0.2) is 0 Å². The molecule has 0 fully saturated rings. The molecule has 4 nitrogen and oxygen atoms in total. The average Bonchev–Trinajstić information content (AvgIpc) is 2.38. The van der Waals surface area contributed by atoms with E-state index in [1.807, 2.05) is 0 Å². The summed E-state index contributed by atoms with van der Waals surface area (Å²) in [5, 5.41) is 0. The van der Waals surface area contributed by atoms with E-state index < -0.39 is 5.91 Å². The van der Waals surface area contributed by atoms with E-state index in [-0.39, 0.29) is 6.90 Å². The molecule has 2 rings (SSSR count). The third-order valence-electron chi connectivity index (χ3n) is 2.27. The normalized spacial score (nSPS) is 10.9. The van der Waals surface area contributed by atoms with Gasteiger partial charge in [0, 0.05) is 20.0 Å². The van der Waals surface area contributed by atoms with Crippen molar-refractivity contribution < 1.29 is 6.17 Å². The van der Waals surface area contributed by atoms with Crippen molar-refractivity contribution in [3.8, 4) is 11.1 Å². The van der Waals surface area contributed by atoms with Crippen LogP contribution in [0.15, 0.2) is 36.8 Å². The first kappa shape index (κ1) is 9.03. The summed E-state index contributed by atoms with van der Waals surface area (Å²) in [5.41, 5.74) is 7.59. The van der Waals surface area contributed by atoms with Crippen molar-refractivity contribution in [3.05, 3.63) is 48.0 Å². The van der Waals surface area contributed by atoms with Crippen molar-refractivity contribution in [2.75, 3.05) is 0 Å². The van der Waals surface area contributed by atoms with Crippen LogP contribution >= 0.6 is 0 Å². The average molecular weight is 214 g/mol. The molecule has 80 valence electrons. The molecule has 0 radical (unpaired) electrons. The van der Waals surface area contributed by atoms with Crippen molar-refractivity contribution in [2.24, 2.45) is 5.73 Å². The molecule has 2 heterocycles. The van der Waals surface area contributed by atoms with E-state index in [0.717, 1.165) is 5.56 Å². The first-order valence-electron chi connectivity index (χ1n) is 5.42. The van der Waals surface area contributed by atoms with Gasteiger partial charge >= 0.3 is 0 Å². The minimum atomic E-state index is -0.563. The predicted octanol–water partition coefficient (Wildman–Crippen LogP) is 1.55. The first-order valence-corrected chi connectivity index (χ1v) is 4.71. The lowest BCUT2D eigenvalue weighted by molar-refractivity contribution is 0.1000. The maximum absolute atomic E-state index is 11.5. The Morgan fingerprint density at radius 2 is 2.06 bits per heavy atom. The number of aryl methyl sites for hydroxylation is 1. The highest BCUT2D eigenvalue weighted by molar-refractivity contribution is 6.00. The lowest BCUT2D eigenvalue weighted by Gasteiger charge is -2.08. The van der Waals surface area contributed by atoms with Crippen LogP contribution in [0.1, 0.15) is 17.4 Å². The van der Waals surface area contributed by atoms with Crippen LogP contribution in [0.5, 0.6) is 0 Å². The molecule has 0 saturated carbocycles. The van der Waals surface area contributed by atoms with E-state index in [0.29, 0.717) is 16.8 Å². The highest BCUT2D eigenvalue weighted by Gasteiger charge is 2.13. The maximum atomic E-state index is 11.5. The number of primary amides is 1. The number of pyridine rings is 2. The molecule has 2 N–H and O–H groups in total. The Labute approximate surface area is 94.6 Å². The molecular formula is C12H11N3O. The van der Waals surface area contributed by atoms with E-state index in [4.69, 9.17) is 7.10 Å². The van der Waals surface area contributed by atoms with E-state index in [1.165, 1.54) is 0 Å². The van der Waals surface area contributed by atoms with E-state index in [2.05, 4.69) is 9.97 Å². The zero-order valence-corrected chi connectivity index (χ0v) is 8.55. The molecular weight excluding hydrogens is 202 g/mol. The Balaban J connectivity index is 2.66. The third-order valence-corrected chi connectivity index (χ3v) is 2.27. The van der Waals surface area contributed by atoms with Crippen molar-refractivity contribution in [3.63, 3.8) is 0 Å². The van der Waals surface area contributed by atoms with Crippen molar-refractivity contribution in [1.29, 1.82) is 0 Å². The Kier molecular flexibility index (Phi) is 2.31. The van der Waals surface area contributed by atoms with E-state index in [9.17, 15) is 4.79 Å². The van der Waals surface area contributed by atoms with Gasteiger partial charge < -0.3 is 5.73 Å². The van der Waals surface area contributed by atoms with Gasteiger partial charge in [-0.1, -0.05) is 0 Å². The standard InChI is InChI=1S/C12H11N3O/c1-8-11(12(13)16)10(4-7-15-8)9-2-5-14-6-3-9/h2-7H,1H3,(H2,13,16)/i1D. The molecule has 0 aliphatic carbocycles. The van der Waals surface area contributed by atoms with Gasteiger partial charge in [-0.15, -0.1) is 0 Å². The fraction of sp³-hybridized carbons (Fsp3) is 0.0833. The molecule has 0 saturated heterocycles. The van der Waals surface area contributed by atoms with Gasteiger partial charge in [-0.2, -0.15) is 0 Å². The summed E-state index contributed by atoms with van der Waals surface area (Å²) in [5.74, 6) is -0.563. The SMILES string of the molecule is [2H]Cc1nccc(-c2ccncc2)c1C(N)=O. The molecule has 4 heteroatoms. The van der Waals surface area contributed by atoms with Crippen molar-refractivity contribution >= 4 is 5.91 Å². The molecule has 0 aromatic carbocycles. The second-order valence-electron chi connectivity index (χ2n) is 3.28. The second kappa shape index (κ2) is 4.10. The summed E-state index contributed by atoms with van der Waals surface area (Å²) >= 11 is 0. The molecule has 16 heavy (non-hydrogen) atoms. The lowest BCUT2D eigenvalue weighted by atomic mass is 10.00. The molecule has 0 aliphatic heterocycles. The minimum Gasteiger partial charge on any atom is -0.366 e. The summed E-state index contributed by atoms with van der Waals surface area (Å²) in [4.78, 5) is 19.4. The second-order valence-corrected chi connectivity index (χ2v) is 3.28. The first-order chi connectivity index (χ1) is 8.24. The molecule has 0 aliphatic rings. The predicted molar refractivity (Wildman–Crippen MR) is 60.7 cm³/mol. The zero-order valence-electron chi connectivity index (χ0n) is 9.55. The van der Waals surface area contributed by atoms with Gasteiger partial charge in [0.2, 0.25) is 0 Å². The monoisotopic (exact) mass is 214 g/mol. The van der Waals surface area contributed by atoms with Crippen LogP contribution in [-0.4, -0.2) is 15.9 Å². The summed E-state index contributed by atoms with van der Waals surface area (Å²) in [7, 11) is 0. The number of hydrogen-bond acceptors (Lipinski definition) is 3. The Morgan fingerprint density at radius 3 is 2.69 bits per heavy atom.